The summed E-state index contributed by atoms with van der Waals surface area (Å²) in [4.78, 5) is 12.5. The third-order valence-corrected chi connectivity index (χ3v) is 8.60. The molecule has 1 fully saturated rings. The maximum absolute atomic E-state index is 14.3. The van der Waals surface area contributed by atoms with Gasteiger partial charge < -0.3 is 9.80 Å². The average Bonchev–Trinajstić information content (AvgIpc) is 2.99. The van der Waals surface area contributed by atoms with Crippen molar-refractivity contribution < 1.29 is 39.5 Å². The fourth-order valence-corrected chi connectivity index (χ4v) is 6.15. The molecule has 4 nitrogen and oxygen atoms in total. The van der Waals surface area contributed by atoms with E-state index in [0.717, 1.165) is 28.4 Å². The number of hydrogen-bond donors (Lipinski definition) is 0. The number of aryl methyl sites for hydroxylation is 3. The van der Waals surface area contributed by atoms with E-state index >= 15 is 0 Å². The molecular weight excluding hydrogens is 671 g/mol. The Morgan fingerprint density at radius 2 is 1.12 bits per heavy atom. The summed E-state index contributed by atoms with van der Waals surface area (Å²) >= 11 is 0. The second-order valence-electron chi connectivity index (χ2n) is 13.5. The zero-order valence-corrected chi connectivity index (χ0v) is 29.2. The molecule has 0 unspecified atom stereocenters. The Balaban J connectivity index is 1.94. The van der Waals surface area contributed by atoms with Crippen LogP contribution in [0.4, 0.5) is 50.9 Å². The van der Waals surface area contributed by atoms with Crippen LogP contribution in [0.15, 0.2) is 52.4 Å². The van der Waals surface area contributed by atoms with Gasteiger partial charge in [-0.25, -0.2) is 9.98 Å². The molecule has 1 saturated heterocycles. The summed E-state index contributed by atoms with van der Waals surface area (Å²) in [5.74, 6) is 0.335. The van der Waals surface area contributed by atoms with Crippen LogP contribution in [0.3, 0.4) is 0 Å². The summed E-state index contributed by atoms with van der Waals surface area (Å²) in [5.41, 5.74) is -1.33. The van der Waals surface area contributed by atoms with E-state index in [1.54, 1.807) is 11.8 Å². The first kappa shape index (κ1) is 38.8. The number of nitrogens with zero attached hydrogens (tertiary/aromatic N) is 4. The van der Waals surface area contributed by atoms with Crippen molar-refractivity contribution in [1.82, 2.24) is 9.80 Å². The van der Waals surface area contributed by atoms with Gasteiger partial charge in [0.2, 0.25) is 0 Å². The molecule has 0 bridgehead atoms. The molecule has 13 heteroatoms. The number of aliphatic imine (C=N–C) groups is 2. The van der Waals surface area contributed by atoms with E-state index in [1.807, 2.05) is 34.6 Å². The first-order valence-corrected chi connectivity index (χ1v) is 16.2. The maximum atomic E-state index is 14.3. The molecule has 0 N–H and O–H groups in total. The summed E-state index contributed by atoms with van der Waals surface area (Å²) in [6.07, 6.45) is -14.9. The second kappa shape index (κ2) is 14.3. The van der Waals surface area contributed by atoms with Crippen LogP contribution in [-0.4, -0.2) is 41.2 Å². The lowest BCUT2D eigenvalue weighted by molar-refractivity contribution is -0.143. The molecule has 0 aliphatic carbocycles. The number of amidine groups is 2. The first-order chi connectivity index (χ1) is 23.0. The monoisotopic (exact) mass is 712 g/mol. The van der Waals surface area contributed by atoms with Gasteiger partial charge >= 0.3 is 18.5 Å². The summed E-state index contributed by atoms with van der Waals surface area (Å²) in [7, 11) is 0. The van der Waals surface area contributed by atoms with E-state index in [4.69, 9.17) is 4.99 Å². The largest absolute Gasteiger partial charge is 0.418 e. The average molecular weight is 713 g/mol. The quantitative estimate of drug-likeness (QED) is 0.150. The normalized spacial score (nSPS) is 15.5. The van der Waals surface area contributed by atoms with Crippen molar-refractivity contribution in [3.63, 3.8) is 0 Å². The molecular formula is C37H41F9N4. The molecule has 0 atom stereocenters. The van der Waals surface area contributed by atoms with Gasteiger partial charge in [-0.15, -0.1) is 0 Å². The van der Waals surface area contributed by atoms with Gasteiger partial charge in [-0.2, -0.15) is 39.5 Å². The smallest absolute Gasteiger partial charge is 0.342 e. The third kappa shape index (κ3) is 8.81. The van der Waals surface area contributed by atoms with Crippen LogP contribution in [0.2, 0.25) is 0 Å². The van der Waals surface area contributed by atoms with Crippen molar-refractivity contribution in [2.24, 2.45) is 9.98 Å². The molecule has 0 amide bonds. The lowest BCUT2D eigenvalue weighted by Gasteiger charge is -2.39. The van der Waals surface area contributed by atoms with Gasteiger partial charge in [-0.3, -0.25) is 0 Å². The first-order valence-electron chi connectivity index (χ1n) is 16.2. The highest BCUT2D eigenvalue weighted by Gasteiger charge is 2.39. The molecule has 0 saturated carbocycles. The van der Waals surface area contributed by atoms with Crippen molar-refractivity contribution in [3.8, 4) is 0 Å². The number of rotatable bonds is 5. The Morgan fingerprint density at radius 1 is 0.620 bits per heavy atom. The zero-order chi connectivity index (χ0) is 37.5. The summed E-state index contributed by atoms with van der Waals surface area (Å²) in [6.45, 7) is 15.2. The minimum Gasteiger partial charge on any atom is -0.342 e. The Bertz CT molecular complexity index is 1720. The minimum absolute atomic E-state index is 0.0150. The lowest BCUT2D eigenvalue weighted by Crippen LogP contribution is -2.49. The van der Waals surface area contributed by atoms with Crippen LogP contribution in [0, 0.1) is 20.8 Å². The highest BCUT2D eigenvalue weighted by molar-refractivity contribution is 6.01. The van der Waals surface area contributed by atoms with Crippen LogP contribution in [0.5, 0.6) is 0 Å². The topological polar surface area (TPSA) is 31.2 Å². The van der Waals surface area contributed by atoms with E-state index in [1.165, 1.54) is 24.8 Å². The predicted octanol–water partition coefficient (Wildman–Crippen LogP) is 11.7. The molecule has 3 aromatic rings. The van der Waals surface area contributed by atoms with Gasteiger partial charge in [-0.05, 0) is 86.9 Å². The van der Waals surface area contributed by atoms with Gasteiger partial charge in [0.25, 0.3) is 0 Å². The van der Waals surface area contributed by atoms with Gasteiger partial charge in [0.05, 0.1) is 34.7 Å². The van der Waals surface area contributed by atoms with E-state index in [0.29, 0.717) is 30.9 Å². The highest BCUT2D eigenvalue weighted by Crippen LogP contribution is 2.41. The van der Waals surface area contributed by atoms with Gasteiger partial charge in [0.1, 0.15) is 11.7 Å². The molecule has 4 rings (SSSR count). The summed E-state index contributed by atoms with van der Waals surface area (Å²) in [6, 6.07) is 7.39. The minimum atomic E-state index is -5.18. The maximum Gasteiger partial charge on any atom is 0.418 e. The molecule has 3 aromatic carbocycles. The molecule has 0 spiro atoms. The SMILES string of the molecule is CC(=Nc1c(C(C)C)cc(C)cc1C(C)C)N1CCCN(C(=Nc2c(C)cc(C)cc2C(F)(F)F)c2cc(C(F)(F)F)cc(C(F)(F)F)c2)C1. The van der Waals surface area contributed by atoms with Crippen molar-refractivity contribution in [2.75, 3.05) is 19.8 Å². The highest BCUT2D eigenvalue weighted by atomic mass is 19.4. The fourth-order valence-electron chi connectivity index (χ4n) is 6.15. The number of benzene rings is 3. The zero-order valence-electron chi connectivity index (χ0n) is 29.2. The van der Waals surface area contributed by atoms with Crippen LogP contribution in [-0.2, 0) is 18.5 Å². The van der Waals surface area contributed by atoms with E-state index in [-0.39, 0.29) is 42.2 Å². The Morgan fingerprint density at radius 3 is 1.60 bits per heavy atom. The Hall–Kier alpha value is -4.03. The molecule has 0 aromatic heterocycles. The standard InChI is InChI=1S/C37H41F9N4/c1-20(2)29-13-23(6)14-30(21(3)4)33(29)47-25(8)49-10-9-11-50(19-49)34(48-32-24(7)12-22(5)15-31(32)37(44,45)46)26-16-27(35(38,39)40)18-28(17-26)36(41,42)43/h12-18,20-21H,9-11,19H2,1-8H3. The van der Waals surface area contributed by atoms with Crippen LogP contribution in [0.25, 0.3) is 0 Å². The van der Waals surface area contributed by atoms with Gasteiger partial charge in [-0.1, -0.05) is 57.0 Å². The van der Waals surface area contributed by atoms with Gasteiger partial charge in [0.15, 0.2) is 0 Å². The molecule has 1 heterocycles. The molecule has 0 radical (unpaired) electrons. The van der Waals surface area contributed by atoms with Crippen molar-refractivity contribution in [3.05, 3.63) is 92.5 Å². The van der Waals surface area contributed by atoms with Crippen LogP contribution in [0.1, 0.15) is 103 Å². The number of hydrogen-bond acceptors (Lipinski definition) is 2. The third-order valence-electron chi connectivity index (χ3n) is 8.60. The Kier molecular flexibility index (Phi) is 11.1. The fraction of sp³-hybridized carbons (Fsp3) is 0.459. The Labute approximate surface area is 286 Å². The summed E-state index contributed by atoms with van der Waals surface area (Å²) in [5, 5.41) is 0. The van der Waals surface area contributed by atoms with E-state index in [9.17, 15) is 39.5 Å². The predicted molar refractivity (Wildman–Crippen MR) is 179 cm³/mol. The van der Waals surface area contributed by atoms with Crippen molar-refractivity contribution in [2.45, 2.75) is 92.2 Å². The van der Waals surface area contributed by atoms with Gasteiger partial charge in [0, 0.05) is 18.7 Å². The van der Waals surface area contributed by atoms with Crippen LogP contribution < -0.4 is 0 Å². The lowest BCUT2D eigenvalue weighted by atomic mass is 9.91. The molecule has 272 valence electrons. The molecule has 50 heavy (non-hydrogen) atoms. The van der Waals surface area contributed by atoms with Crippen molar-refractivity contribution >= 4 is 23.0 Å². The molecule has 1 aliphatic heterocycles. The van der Waals surface area contributed by atoms with Crippen LogP contribution >= 0.6 is 0 Å². The van der Waals surface area contributed by atoms with E-state index in [2.05, 4.69) is 17.1 Å². The number of halogens is 9. The number of alkyl halides is 9. The second-order valence-corrected chi connectivity index (χ2v) is 13.5. The van der Waals surface area contributed by atoms with Crippen molar-refractivity contribution in [1.29, 1.82) is 0 Å². The molecule has 1 aliphatic rings. The summed E-state index contributed by atoms with van der Waals surface area (Å²) < 4.78 is 127. The van der Waals surface area contributed by atoms with E-state index < -0.39 is 52.3 Å².